The normalized spacial score (nSPS) is 15.4. The van der Waals surface area contributed by atoms with Crippen LogP contribution >= 0.6 is 23.2 Å². The molecular formula is C20H21Cl2N3O. The zero-order valence-electron chi connectivity index (χ0n) is 14.6. The van der Waals surface area contributed by atoms with Gasteiger partial charge in [0.15, 0.2) is 0 Å². The van der Waals surface area contributed by atoms with E-state index in [-0.39, 0.29) is 5.91 Å². The molecule has 26 heavy (non-hydrogen) atoms. The van der Waals surface area contributed by atoms with Crippen molar-refractivity contribution in [2.45, 2.75) is 19.8 Å². The molecule has 3 rings (SSSR count). The van der Waals surface area contributed by atoms with Crippen molar-refractivity contribution >= 4 is 46.7 Å². The van der Waals surface area contributed by atoms with Gasteiger partial charge in [-0.2, -0.15) is 0 Å². The summed E-state index contributed by atoms with van der Waals surface area (Å²) >= 11 is 12.0. The zero-order valence-corrected chi connectivity index (χ0v) is 16.1. The van der Waals surface area contributed by atoms with E-state index in [1.165, 1.54) is 18.9 Å². The van der Waals surface area contributed by atoms with Gasteiger partial charge < -0.3 is 10.2 Å². The van der Waals surface area contributed by atoms with Crippen LogP contribution in [0.2, 0.25) is 10.0 Å². The first-order valence-electron chi connectivity index (χ1n) is 8.66. The fourth-order valence-electron chi connectivity index (χ4n) is 2.87. The molecule has 1 aromatic heterocycles. The molecule has 0 bridgehead atoms. The summed E-state index contributed by atoms with van der Waals surface area (Å²) in [5.41, 5.74) is 1.40. The van der Waals surface area contributed by atoms with Gasteiger partial charge in [-0.1, -0.05) is 36.2 Å². The Labute approximate surface area is 163 Å². The number of piperidine rings is 1. The van der Waals surface area contributed by atoms with E-state index in [0.717, 1.165) is 30.4 Å². The number of carbonyl (C=O) groups excluding carboxylic acids is 1. The Morgan fingerprint density at radius 1 is 1.23 bits per heavy atom. The second-order valence-corrected chi connectivity index (χ2v) is 7.41. The lowest BCUT2D eigenvalue weighted by atomic mass is 9.99. The quantitative estimate of drug-likeness (QED) is 0.723. The van der Waals surface area contributed by atoms with Crippen molar-refractivity contribution in [3.63, 3.8) is 0 Å². The monoisotopic (exact) mass is 389 g/mol. The Bertz CT molecular complexity index is 797. The SMILES string of the molecule is CC1CCN(c2ccc(NC(=O)/C=C/c3ccc(Cl)cc3Cl)cn2)CC1. The van der Waals surface area contributed by atoms with Crippen LogP contribution in [0.4, 0.5) is 11.5 Å². The van der Waals surface area contributed by atoms with Gasteiger partial charge in [-0.3, -0.25) is 4.79 Å². The topological polar surface area (TPSA) is 45.2 Å². The van der Waals surface area contributed by atoms with Crippen molar-refractivity contribution in [2.24, 2.45) is 5.92 Å². The van der Waals surface area contributed by atoms with Crippen molar-refractivity contribution in [1.29, 1.82) is 0 Å². The number of carbonyl (C=O) groups is 1. The summed E-state index contributed by atoms with van der Waals surface area (Å²) in [5, 5.41) is 3.87. The molecule has 1 N–H and O–H groups in total. The molecule has 6 heteroatoms. The van der Waals surface area contributed by atoms with E-state index < -0.39 is 0 Å². The minimum atomic E-state index is -0.239. The minimum absolute atomic E-state index is 0.239. The number of amides is 1. The Morgan fingerprint density at radius 2 is 2.00 bits per heavy atom. The van der Waals surface area contributed by atoms with Crippen LogP contribution in [0.15, 0.2) is 42.6 Å². The van der Waals surface area contributed by atoms with Crippen LogP contribution in [0.3, 0.4) is 0 Å². The van der Waals surface area contributed by atoms with Crippen LogP contribution in [-0.2, 0) is 4.79 Å². The molecule has 2 heterocycles. The van der Waals surface area contributed by atoms with Gasteiger partial charge in [-0.05, 0) is 54.7 Å². The zero-order chi connectivity index (χ0) is 18.5. The molecule has 1 fully saturated rings. The molecular weight excluding hydrogens is 369 g/mol. The van der Waals surface area contributed by atoms with Gasteiger partial charge in [-0.25, -0.2) is 4.98 Å². The Balaban J connectivity index is 1.58. The number of pyridine rings is 1. The van der Waals surface area contributed by atoms with E-state index in [1.54, 1.807) is 30.5 Å². The molecule has 1 saturated heterocycles. The van der Waals surface area contributed by atoms with Crippen molar-refractivity contribution in [3.05, 3.63) is 58.2 Å². The summed E-state index contributed by atoms with van der Waals surface area (Å²) in [6, 6.07) is 8.97. The van der Waals surface area contributed by atoms with Crippen LogP contribution in [0, 0.1) is 5.92 Å². The van der Waals surface area contributed by atoms with E-state index in [1.807, 2.05) is 12.1 Å². The fourth-order valence-corrected chi connectivity index (χ4v) is 3.34. The summed E-state index contributed by atoms with van der Waals surface area (Å²) in [5.74, 6) is 1.50. The number of aromatic nitrogens is 1. The third-order valence-corrected chi connectivity index (χ3v) is 5.06. The highest BCUT2D eigenvalue weighted by molar-refractivity contribution is 6.35. The highest BCUT2D eigenvalue weighted by Gasteiger charge is 2.16. The molecule has 0 unspecified atom stereocenters. The van der Waals surface area contributed by atoms with E-state index in [4.69, 9.17) is 23.2 Å². The summed E-state index contributed by atoms with van der Waals surface area (Å²) < 4.78 is 0. The number of rotatable bonds is 4. The van der Waals surface area contributed by atoms with Crippen LogP contribution in [0.1, 0.15) is 25.3 Å². The number of hydrogen-bond donors (Lipinski definition) is 1. The average Bonchev–Trinajstić information content (AvgIpc) is 2.62. The fraction of sp³-hybridized carbons (Fsp3) is 0.300. The molecule has 0 atom stereocenters. The molecule has 1 aliphatic rings. The van der Waals surface area contributed by atoms with Gasteiger partial charge in [0.1, 0.15) is 5.82 Å². The van der Waals surface area contributed by atoms with E-state index in [0.29, 0.717) is 15.7 Å². The first kappa shape index (κ1) is 18.7. The van der Waals surface area contributed by atoms with Crippen LogP contribution in [0.5, 0.6) is 0 Å². The minimum Gasteiger partial charge on any atom is -0.357 e. The maximum absolute atomic E-state index is 12.1. The predicted octanol–water partition coefficient (Wildman–Crippen LogP) is 5.28. The lowest BCUT2D eigenvalue weighted by Crippen LogP contribution is -2.33. The van der Waals surface area contributed by atoms with Gasteiger partial charge >= 0.3 is 0 Å². The first-order valence-corrected chi connectivity index (χ1v) is 9.42. The molecule has 1 aliphatic heterocycles. The molecule has 0 saturated carbocycles. The Hall–Kier alpha value is -2.04. The van der Waals surface area contributed by atoms with Gasteiger partial charge in [0.2, 0.25) is 5.91 Å². The number of benzene rings is 1. The number of hydrogen-bond acceptors (Lipinski definition) is 3. The maximum atomic E-state index is 12.1. The molecule has 136 valence electrons. The third-order valence-electron chi connectivity index (χ3n) is 4.50. The van der Waals surface area contributed by atoms with E-state index in [2.05, 4.69) is 22.1 Å². The molecule has 0 aliphatic carbocycles. The van der Waals surface area contributed by atoms with Gasteiger partial charge in [-0.15, -0.1) is 0 Å². The lowest BCUT2D eigenvalue weighted by Gasteiger charge is -2.31. The summed E-state index contributed by atoms with van der Waals surface area (Å²) in [7, 11) is 0. The van der Waals surface area contributed by atoms with Crippen molar-refractivity contribution in [2.75, 3.05) is 23.3 Å². The molecule has 0 radical (unpaired) electrons. The summed E-state index contributed by atoms with van der Waals surface area (Å²) in [6.45, 7) is 4.35. The highest BCUT2D eigenvalue weighted by Crippen LogP contribution is 2.23. The largest absolute Gasteiger partial charge is 0.357 e. The summed E-state index contributed by atoms with van der Waals surface area (Å²) in [4.78, 5) is 18.8. The Kier molecular flexibility index (Phi) is 6.17. The highest BCUT2D eigenvalue weighted by atomic mass is 35.5. The molecule has 2 aromatic rings. The Morgan fingerprint density at radius 3 is 2.65 bits per heavy atom. The van der Waals surface area contributed by atoms with Gasteiger partial charge in [0.25, 0.3) is 0 Å². The van der Waals surface area contributed by atoms with E-state index in [9.17, 15) is 4.79 Å². The molecule has 4 nitrogen and oxygen atoms in total. The third kappa shape index (κ3) is 4.99. The lowest BCUT2D eigenvalue weighted by molar-refractivity contribution is -0.111. The molecule has 0 spiro atoms. The molecule has 1 amide bonds. The van der Waals surface area contributed by atoms with Gasteiger partial charge in [0.05, 0.1) is 11.9 Å². The average molecular weight is 390 g/mol. The van der Waals surface area contributed by atoms with Crippen LogP contribution in [0.25, 0.3) is 6.08 Å². The van der Waals surface area contributed by atoms with Gasteiger partial charge in [0, 0.05) is 29.2 Å². The van der Waals surface area contributed by atoms with Crippen LogP contribution < -0.4 is 10.2 Å². The van der Waals surface area contributed by atoms with Crippen molar-refractivity contribution < 1.29 is 4.79 Å². The first-order chi connectivity index (χ1) is 12.5. The number of anilines is 2. The number of nitrogens with zero attached hydrogens (tertiary/aromatic N) is 2. The van der Waals surface area contributed by atoms with E-state index >= 15 is 0 Å². The molecule has 1 aromatic carbocycles. The van der Waals surface area contributed by atoms with Crippen molar-refractivity contribution in [3.8, 4) is 0 Å². The standard InChI is InChI=1S/C20H21Cl2N3O/c1-14-8-10-25(11-9-14)19-6-5-17(13-23-19)24-20(26)7-3-15-2-4-16(21)12-18(15)22/h2-7,12-14H,8-11H2,1H3,(H,24,26)/b7-3+. The second kappa shape index (κ2) is 8.56. The maximum Gasteiger partial charge on any atom is 0.248 e. The predicted molar refractivity (Wildman–Crippen MR) is 109 cm³/mol. The second-order valence-electron chi connectivity index (χ2n) is 6.56. The number of halogens is 2. The smallest absolute Gasteiger partial charge is 0.248 e. The number of nitrogens with one attached hydrogen (secondary N) is 1. The summed E-state index contributed by atoms with van der Waals surface area (Å²) in [6.07, 6.45) is 7.17. The van der Waals surface area contributed by atoms with Crippen molar-refractivity contribution in [1.82, 2.24) is 4.98 Å². The van der Waals surface area contributed by atoms with Crippen LogP contribution in [-0.4, -0.2) is 24.0 Å².